The van der Waals surface area contributed by atoms with Gasteiger partial charge in [-0.15, -0.1) is 0 Å². The smallest absolute Gasteiger partial charge is 0.161 e. The summed E-state index contributed by atoms with van der Waals surface area (Å²) in [5.74, 6) is 2.31. The number of hydrogen-bond acceptors (Lipinski definition) is 6. The minimum absolute atomic E-state index is 0.289. The maximum atomic E-state index is 6.08. The van der Waals surface area contributed by atoms with Crippen molar-refractivity contribution in [2.24, 2.45) is 0 Å². The molecule has 1 aromatic heterocycles. The van der Waals surface area contributed by atoms with E-state index in [0.29, 0.717) is 18.2 Å². The summed E-state index contributed by atoms with van der Waals surface area (Å²) in [5.41, 5.74) is 2.08. The SMILES string of the molecule is COc1cc(CN2CCC(COc3cccc(Cl)c3)(OC)CC2)ccc1OCCCn1cc(C)cn1. The number of likely N-dealkylation sites (tertiary alicyclic amines) is 1. The van der Waals surface area contributed by atoms with Crippen LogP contribution in [-0.2, 0) is 17.8 Å². The highest BCUT2D eigenvalue weighted by atomic mass is 35.5. The van der Waals surface area contributed by atoms with Crippen LogP contribution in [0.1, 0.15) is 30.4 Å². The largest absolute Gasteiger partial charge is 0.493 e. The fraction of sp³-hybridized carbons (Fsp3) is 0.464. The second-order valence-corrected chi connectivity index (χ2v) is 9.81. The summed E-state index contributed by atoms with van der Waals surface area (Å²) in [6.45, 7) is 6.71. The van der Waals surface area contributed by atoms with Crippen molar-refractivity contribution in [1.29, 1.82) is 0 Å². The monoisotopic (exact) mass is 513 g/mol. The third-order valence-corrected chi connectivity index (χ3v) is 6.92. The van der Waals surface area contributed by atoms with Crippen LogP contribution in [0.3, 0.4) is 0 Å². The molecule has 0 aliphatic carbocycles. The molecule has 8 heteroatoms. The van der Waals surface area contributed by atoms with Gasteiger partial charge in [-0.2, -0.15) is 5.10 Å². The molecule has 0 atom stereocenters. The van der Waals surface area contributed by atoms with Crippen LogP contribution in [0.25, 0.3) is 0 Å². The average Bonchev–Trinajstić information content (AvgIpc) is 3.32. The summed E-state index contributed by atoms with van der Waals surface area (Å²) in [6, 6.07) is 13.7. The Morgan fingerprint density at radius 1 is 1.03 bits per heavy atom. The first kappa shape index (κ1) is 26.3. The maximum Gasteiger partial charge on any atom is 0.161 e. The molecule has 0 saturated carbocycles. The molecule has 7 nitrogen and oxygen atoms in total. The molecule has 0 unspecified atom stereocenters. The summed E-state index contributed by atoms with van der Waals surface area (Å²) >= 11 is 6.08. The lowest BCUT2D eigenvalue weighted by atomic mass is 9.91. The standard InChI is InChI=1S/C28H36ClN3O4/c1-22-18-30-32(19-22)12-5-15-35-26-9-8-23(16-27(26)33-2)20-31-13-10-28(34-3,11-14-31)21-36-25-7-4-6-24(29)17-25/h4,6-9,16-19H,5,10-15,20-21H2,1-3H3. The molecule has 1 saturated heterocycles. The van der Waals surface area contributed by atoms with Gasteiger partial charge in [0.15, 0.2) is 11.5 Å². The van der Waals surface area contributed by atoms with Gasteiger partial charge in [0.05, 0.1) is 19.9 Å². The summed E-state index contributed by atoms with van der Waals surface area (Å²) in [6.07, 6.45) is 6.59. The zero-order valence-corrected chi connectivity index (χ0v) is 22.2. The van der Waals surface area contributed by atoms with Crippen LogP contribution in [0.4, 0.5) is 0 Å². The highest BCUT2D eigenvalue weighted by Gasteiger charge is 2.35. The predicted molar refractivity (Wildman–Crippen MR) is 141 cm³/mol. The molecule has 0 radical (unpaired) electrons. The molecule has 4 rings (SSSR count). The molecule has 0 N–H and O–H groups in total. The summed E-state index contributed by atoms with van der Waals surface area (Å²) < 4.78 is 25.5. The number of ether oxygens (including phenoxy) is 4. The van der Waals surface area contributed by atoms with Gasteiger partial charge in [-0.1, -0.05) is 23.7 Å². The summed E-state index contributed by atoms with van der Waals surface area (Å²) in [4.78, 5) is 2.44. The van der Waals surface area contributed by atoms with E-state index in [-0.39, 0.29) is 5.60 Å². The van der Waals surface area contributed by atoms with Crippen LogP contribution in [0, 0.1) is 6.92 Å². The van der Waals surface area contributed by atoms with Crippen LogP contribution in [-0.4, -0.2) is 60.8 Å². The lowest BCUT2D eigenvalue weighted by Gasteiger charge is -2.40. The fourth-order valence-electron chi connectivity index (χ4n) is 4.48. The number of aromatic nitrogens is 2. The number of methoxy groups -OCH3 is 2. The van der Waals surface area contributed by atoms with Gasteiger partial charge in [-0.05, 0) is 61.2 Å². The van der Waals surface area contributed by atoms with Gasteiger partial charge < -0.3 is 18.9 Å². The van der Waals surface area contributed by atoms with Gasteiger partial charge in [0, 0.05) is 50.9 Å². The molecule has 1 fully saturated rings. The summed E-state index contributed by atoms with van der Waals surface area (Å²) in [5, 5.41) is 4.99. The first-order valence-corrected chi connectivity index (χ1v) is 12.8. The number of nitrogens with zero attached hydrogens (tertiary/aromatic N) is 3. The minimum Gasteiger partial charge on any atom is -0.493 e. The third-order valence-electron chi connectivity index (χ3n) is 6.68. The van der Waals surface area contributed by atoms with Crippen LogP contribution in [0.2, 0.25) is 5.02 Å². The lowest BCUT2D eigenvalue weighted by molar-refractivity contribution is -0.0839. The second-order valence-electron chi connectivity index (χ2n) is 9.38. The van der Waals surface area contributed by atoms with E-state index < -0.39 is 0 Å². The number of benzene rings is 2. The normalized spacial score (nSPS) is 15.6. The zero-order valence-electron chi connectivity index (χ0n) is 21.4. The van der Waals surface area contributed by atoms with Crippen molar-refractivity contribution < 1.29 is 18.9 Å². The van der Waals surface area contributed by atoms with E-state index in [4.69, 9.17) is 30.5 Å². The predicted octanol–water partition coefficient (Wildman–Crippen LogP) is 5.38. The highest BCUT2D eigenvalue weighted by Crippen LogP contribution is 2.31. The van der Waals surface area contributed by atoms with Gasteiger partial charge in [-0.3, -0.25) is 9.58 Å². The Morgan fingerprint density at radius 2 is 1.86 bits per heavy atom. The van der Waals surface area contributed by atoms with Crippen LogP contribution in [0.5, 0.6) is 17.2 Å². The van der Waals surface area contributed by atoms with E-state index in [1.807, 2.05) is 54.3 Å². The van der Waals surface area contributed by atoms with Crippen molar-refractivity contribution in [2.45, 2.75) is 44.9 Å². The van der Waals surface area contributed by atoms with Crippen molar-refractivity contribution in [3.63, 3.8) is 0 Å². The molecule has 0 spiro atoms. The summed E-state index contributed by atoms with van der Waals surface area (Å²) in [7, 11) is 3.46. The van der Waals surface area contributed by atoms with Gasteiger partial charge >= 0.3 is 0 Å². The molecule has 36 heavy (non-hydrogen) atoms. The Bertz CT molecular complexity index is 1110. The Hall–Kier alpha value is -2.74. The van der Waals surface area contributed by atoms with Gasteiger partial charge in [-0.25, -0.2) is 0 Å². The molecule has 2 aromatic carbocycles. The quantitative estimate of drug-likeness (QED) is 0.303. The van der Waals surface area contributed by atoms with Crippen LogP contribution < -0.4 is 14.2 Å². The fourth-order valence-corrected chi connectivity index (χ4v) is 4.66. The zero-order chi connectivity index (χ0) is 25.4. The van der Waals surface area contributed by atoms with Crippen molar-refractivity contribution in [1.82, 2.24) is 14.7 Å². The molecule has 2 heterocycles. The van der Waals surface area contributed by atoms with E-state index in [9.17, 15) is 0 Å². The van der Waals surface area contributed by atoms with Gasteiger partial charge in [0.25, 0.3) is 0 Å². The van der Waals surface area contributed by atoms with Crippen molar-refractivity contribution >= 4 is 11.6 Å². The minimum atomic E-state index is -0.289. The Kier molecular flexibility index (Phi) is 9.13. The van der Waals surface area contributed by atoms with E-state index in [2.05, 4.69) is 22.1 Å². The van der Waals surface area contributed by atoms with Crippen molar-refractivity contribution in [3.05, 3.63) is 71.0 Å². The van der Waals surface area contributed by atoms with Crippen molar-refractivity contribution in [3.8, 4) is 17.2 Å². The molecular formula is C28H36ClN3O4. The number of piperidine rings is 1. The lowest BCUT2D eigenvalue weighted by Crippen LogP contribution is -2.48. The second kappa shape index (κ2) is 12.5. The van der Waals surface area contributed by atoms with E-state index in [1.54, 1.807) is 14.2 Å². The van der Waals surface area contributed by atoms with Crippen LogP contribution >= 0.6 is 11.6 Å². The van der Waals surface area contributed by atoms with E-state index in [0.717, 1.165) is 62.7 Å². The van der Waals surface area contributed by atoms with Crippen molar-refractivity contribution in [2.75, 3.05) is 40.5 Å². The molecule has 194 valence electrons. The number of halogens is 1. The molecular weight excluding hydrogens is 478 g/mol. The molecule has 0 amide bonds. The average molecular weight is 514 g/mol. The van der Waals surface area contributed by atoms with Crippen LogP contribution in [0.15, 0.2) is 54.9 Å². The molecule has 0 bridgehead atoms. The molecule has 1 aliphatic rings. The van der Waals surface area contributed by atoms with E-state index in [1.165, 1.54) is 11.1 Å². The third kappa shape index (κ3) is 7.15. The number of aryl methyl sites for hydroxylation is 2. The Morgan fingerprint density at radius 3 is 2.56 bits per heavy atom. The van der Waals surface area contributed by atoms with E-state index >= 15 is 0 Å². The maximum absolute atomic E-state index is 6.08. The van der Waals surface area contributed by atoms with Gasteiger partial charge in [0.2, 0.25) is 0 Å². The molecule has 3 aromatic rings. The topological polar surface area (TPSA) is 58.0 Å². The number of hydrogen-bond donors (Lipinski definition) is 0. The Labute approximate surface area is 218 Å². The number of rotatable bonds is 12. The van der Waals surface area contributed by atoms with Gasteiger partial charge in [0.1, 0.15) is 18.0 Å². The Balaban J connectivity index is 1.25. The highest BCUT2D eigenvalue weighted by molar-refractivity contribution is 6.30. The first-order chi connectivity index (χ1) is 17.5. The first-order valence-electron chi connectivity index (χ1n) is 12.4. The molecule has 1 aliphatic heterocycles.